The molecule has 12 heavy (non-hydrogen) atoms. The van der Waals surface area contributed by atoms with Gasteiger partial charge in [0.25, 0.3) is 0 Å². The molecule has 0 atom stereocenters. The third kappa shape index (κ3) is 2.60. The molecule has 0 heterocycles. The lowest BCUT2D eigenvalue weighted by molar-refractivity contribution is 0.141. The fraction of sp³-hybridized carbons (Fsp3) is 0.333. The molecule has 1 aromatic carbocycles. The van der Waals surface area contributed by atoms with Crippen LogP contribution in [0.5, 0.6) is 0 Å². The zero-order valence-corrected chi connectivity index (χ0v) is 6.79. The van der Waals surface area contributed by atoms with Crippen LogP contribution in [0.15, 0.2) is 24.3 Å². The van der Waals surface area contributed by atoms with Gasteiger partial charge in [0.05, 0.1) is 6.61 Å². The highest BCUT2D eigenvalue weighted by Gasteiger charge is 1.94. The molecular weight excluding hydrogens is 157 g/mol. The lowest BCUT2D eigenvalue weighted by Gasteiger charge is -2.00. The lowest BCUT2D eigenvalue weighted by atomic mass is 10.1. The van der Waals surface area contributed by atoms with Gasteiger partial charge >= 0.3 is 0 Å². The summed E-state index contributed by atoms with van der Waals surface area (Å²) in [6.07, 6.45) is 0.727. The zero-order valence-electron chi connectivity index (χ0n) is 6.79. The number of benzene rings is 1. The maximum atomic E-state index is 12.2. The van der Waals surface area contributed by atoms with E-state index < -0.39 is 6.67 Å². The topological polar surface area (TPSA) is 35.2 Å². The molecule has 2 nitrogen and oxygen atoms in total. The fourth-order valence-corrected chi connectivity index (χ4v) is 1.05. The second-order valence-electron chi connectivity index (χ2n) is 2.57. The summed E-state index contributed by atoms with van der Waals surface area (Å²) in [6, 6.07) is 7.34. The Morgan fingerprint density at radius 2 is 2.08 bits per heavy atom. The molecule has 0 saturated heterocycles. The second-order valence-corrected chi connectivity index (χ2v) is 2.57. The first-order valence-corrected chi connectivity index (χ1v) is 3.82. The van der Waals surface area contributed by atoms with Crippen LogP contribution in [0.25, 0.3) is 0 Å². The van der Waals surface area contributed by atoms with E-state index in [2.05, 4.69) is 4.84 Å². The van der Waals surface area contributed by atoms with Crippen molar-refractivity contribution in [3.8, 4) is 0 Å². The van der Waals surface area contributed by atoms with Crippen LogP contribution in [-0.4, -0.2) is 6.61 Å². The lowest BCUT2D eigenvalue weighted by Crippen LogP contribution is -2.03. The van der Waals surface area contributed by atoms with Crippen LogP contribution >= 0.6 is 0 Å². The maximum absolute atomic E-state index is 12.2. The van der Waals surface area contributed by atoms with Crippen LogP contribution in [0, 0.1) is 0 Å². The summed E-state index contributed by atoms with van der Waals surface area (Å²) in [5, 5.41) is 0. The van der Waals surface area contributed by atoms with E-state index >= 15 is 0 Å². The molecule has 0 aliphatic carbocycles. The zero-order chi connectivity index (χ0) is 8.81. The number of nitrogens with two attached hydrogens (primary N) is 1. The van der Waals surface area contributed by atoms with Gasteiger partial charge in [0.1, 0.15) is 6.67 Å². The summed E-state index contributed by atoms with van der Waals surface area (Å²) in [5.41, 5.74) is 1.75. The third-order valence-electron chi connectivity index (χ3n) is 1.65. The van der Waals surface area contributed by atoms with Gasteiger partial charge in [0.2, 0.25) is 0 Å². The van der Waals surface area contributed by atoms with E-state index in [0.717, 1.165) is 12.0 Å². The van der Waals surface area contributed by atoms with Crippen LogP contribution < -0.4 is 5.90 Å². The van der Waals surface area contributed by atoms with Gasteiger partial charge in [-0.2, -0.15) is 0 Å². The van der Waals surface area contributed by atoms with E-state index in [9.17, 15) is 4.39 Å². The summed E-state index contributed by atoms with van der Waals surface area (Å²) in [4.78, 5) is 4.43. The van der Waals surface area contributed by atoms with Gasteiger partial charge in [-0.15, -0.1) is 0 Å². The standard InChI is InChI=1S/C9H12FNO/c10-7-9-3-1-2-8(6-9)4-5-12-11/h1-3,6H,4-5,7,11H2. The van der Waals surface area contributed by atoms with Gasteiger partial charge in [-0.25, -0.2) is 10.3 Å². The van der Waals surface area contributed by atoms with Crippen molar-refractivity contribution >= 4 is 0 Å². The Kier molecular flexibility index (Phi) is 3.70. The Hall–Kier alpha value is -0.930. The summed E-state index contributed by atoms with van der Waals surface area (Å²) in [7, 11) is 0. The smallest absolute Gasteiger partial charge is 0.115 e. The number of alkyl halides is 1. The normalized spacial score (nSPS) is 10.2. The molecule has 0 fully saturated rings. The first kappa shape index (κ1) is 9.16. The average molecular weight is 169 g/mol. The Labute approximate surface area is 71.1 Å². The molecule has 3 heteroatoms. The fourth-order valence-electron chi connectivity index (χ4n) is 1.05. The predicted octanol–water partition coefficient (Wildman–Crippen LogP) is 1.59. The van der Waals surface area contributed by atoms with E-state index in [0.29, 0.717) is 12.2 Å². The van der Waals surface area contributed by atoms with Crippen LogP contribution in [0.4, 0.5) is 4.39 Å². The monoisotopic (exact) mass is 169 g/mol. The molecule has 0 aromatic heterocycles. The Morgan fingerprint density at radius 1 is 1.33 bits per heavy atom. The number of hydrogen-bond acceptors (Lipinski definition) is 2. The maximum Gasteiger partial charge on any atom is 0.115 e. The molecule has 2 N–H and O–H groups in total. The molecule has 0 aliphatic rings. The molecular formula is C9H12FNO. The molecule has 0 radical (unpaired) electrons. The highest BCUT2D eigenvalue weighted by Crippen LogP contribution is 2.06. The molecule has 0 saturated carbocycles. The van der Waals surface area contributed by atoms with E-state index in [1.165, 1.54) is 0 Å². The quantitative estimate of drug-likeness (QED) is 0.694. The minimum atomic E-state index is -0.419. The Bertz CT molecular complexity index is 240. The minimum Gasteiger partial charge on any atom is -0.304 e. The van der Waals surface area contributed by atoms with Crippen molar-refractivity contribution in [2.75, 3.05) is 6.61 Å². The van der Waals surface area contributed by atoms with Gasteiger partial charge in [-0.05, 0) is 17.5 Å². The first-order valence-electron chi connectivity index (χ1n) is 3.82. The summed E-state index contributed by atoms with van der Waals surface area (Å²) >= 11 is 0. The molecule has 0 amide bonds. The van der Waals surface area contributed by atoms with Gasteiger partial charge in [0.15, 0.2) is 0 Å². The van der Waals surface area contributed by atoms with Gasteiger partial charge in [0, 0.05) is 0 Å². The first-order chi connectivity index (χ1) is 5.86. The van der Waals surface area contributed by atoms with Crippen molar-refractivity contribution < 1.29 is 9.23 Å². The van der Waals surface area contributed by atoms with Crippen molar-refractivity contribution in [1.29, 1.82) is 0 Å². The van der Waals surface area contributed by atoms with Gasteiger partial charge < -0.3 is 4.84 Å². The highest BCUT2D eigenvalue weighted by molar-refractivity contribution is 5.22. The van der Waals surface area contributed by atoms with Crippen molar-refractivity contribution in [2.45, 2.75) is 13.1 Å². The Balaban J connectivity index is 2.60. The van der Waals surface area contributed by atoms with Crippen molar-refractivity contribution in [2.24, 2.45) is 5.90 Å². The SMILES string of the molecule is NOCCc1cccc(CF)c1. The minimum absolute atomic E-state index is 0.419. The number of rotatable bonds is 4. The molecule has 0 bridgehead atoms. The second kappa shape index (κ2) is 4.85. The highest BCUT2D eigenvalue weighted by atomic mass is 19.1. The van der Waals surface area contributed by atoms with Gasteiger partial charge in [-0.3, -0.25) is 0 Å². The molecule has 0 aliphatic heterocycles. The van der Waals surface area contributed by atoms with Crippen LogP contribution in [0.3, 0.4) is 0 Å². The molecule has 1 rings (SSSR count). The summed E-state index contributed by atoms with van der Waals surface area (Å²) < 4.78 is 12.2. The number of hydrogen-bond donors (Lipinski definition) is 1. The van der Waals surface area contributed by atoms with Crippen molar-refractivity contribution in [1.82, 2.24) is 0 Å². The largest absolute Gasteiger partial charge is 0.304 e. The van der Waals surface area contributed by atoms with E-state index in [-0.39, 0.29) is 0 Å². The van der Waals surface area contributed by atoms with E-state index in [4.69, 9.17) is 5.90 Å². The summed E-state index contributed by atoms with van der Waals surface area (Å²) in [5.74, 6) is 4.87. The molecule has 0 unspecified atom stereocenters. The number of halogens is 1. The average Bonchev–Trinajstić information content (AvgIpc) is 2.15. The molecule has 1 aromatic rings. The predicted molar refractivity (Wildman–Crippen MR) is 45.1 cm³/mol. The summed E-state index contributed by atoms with van der Waals surface area (Å²) in [6.45, 7) is 0.0487. The van der Waals surface area contributed by atoms with E-state index in [1.54, 1.807) is 6.07 Å². The van der Waals surface area contributed by atoms with Gasteiger partial charge in [-0.1, -0.05) is 24.3 Å². The third-order valence-corrected chi connectivity index (χ3v) is 1.65. The van der Waals surface area contributed by atoms with E-state index in [1.807, 2.05) is 18.2 Å². The van der Waals surface area contributed by atoms with Crippen molar-refractivity contribution in [3.05, 3.63) is 35.4 Å². The Morgan fingerprint density at radius 3 is 2.75 bits per heavy atom. The molecule has 66 valence electrons. The van der Waals surface area contributed by atoms with Crippen molar-refractivity contribution in [3.63, 3.8) is 0 Å². The van der Waals surface area contributed by atoms with Crippen LogP contribution in [0.1, 0.15) is 11.1 Å². The molecule has 0 spiro atoms. The van der Waals surface area contributed by atoms with Crippen LogP contribution in [0.2, 0.25) is 0 Å². The van der Waals surface area contributed by atoms with Crippen LogP contribution in [-0.2, 0) is 17.9 Å².